The van der Waals surface area contributed by atoms with Gasteiger partial charge in [0.05, 0.1) is 25.9 Å². The van der Waals surface area contributed by atoms with Gasteiger partial charge in [-0.1, -0.05) is 150 Å². The molecule has 0 aromatic carbocycles. The second-order valence-corrected chi connectivity index (χ2v) is 14.5. The van der Waals surface area contributed by atoms with Crippen LogP contribution in [0.2, 0.25) is 0 Å². The average molecular weight is 655 g/mol. The first-order valence-corrected chi connectivity index (χ1v) is 19.8. The first kappa shape index (κ1) is 44.9. The van der Waals surface area contributed by atoms with E-state index in [0.29, 0.717) is 32.7 Å². The van der Waals surface area contributed by atoms with Gasteiger partial charge < -0.3 is 18.9 Å². The molecule has 0 aliphatic heterocycles. The van der Waals surface area contributed by atoms with E-state index < -0.39 is 0 Å². The third kappa shape index (κ3) is 32.8. The van der Waals surface area contributed by atoms with Gasteiger partial charge in [-0.2, -0.15) is 0 Å². The van der Waals surface area contributed by atoms with Crippen molar-refractivity contribution in [2.24, 2.45) is 5.41 Å². The Morgan fingerprint density at radius 3 is 1.22 bits per heavy atom. The monoisotopic (exact) mass is 655 g/mol. The molecule has 6 nitrogen and oxygen atoms in total. The summed E-state index contributed by atoms with van der Waals surface area (Å²) in [7, 11) is 0. The molecule has 0 aromatic heterocycles. The van der Waals surface area contributed by atoms with Gasteiger partial charge in [0.25, 0.3) is 0 Å². The van der Waals surface area contributed by atoms with Gasteiger partial charge in [0.15, 0.2) is 0 Å². The van der Waals surface area contributed by atoms with Crippen LogP contribution in [0.1, 0.15) is 202 Å². The lowest BCUT2D eigenvalue weighted by Gasteiger charge is -2.30. The molecule has 0 spiro atoms. The van der Waals surface area contributed by atoms with Crippen molar-refractivity contribution in [3.05, 3.63) is 0 Å². The fourth-order valence-corrected chi connectivity index (χ4v) is 5.50. The largest absolute Gasteiger partial charge is 0.466 e. The van der Waals surface area contributed by atoms with Crippen molar-refractivity contribution in [3.8, 4) is 0 Å². The van der Waals surface area contributed by atoms with Gasteiger partial charge in [-0.05, 0) is 43.9 Å². The standard InChI is InChI=1S/C40H78O6/c1-6-8-10-12-14-21-28-34-45-38(41)30-24-18-16-20-26-32-43-36-37(40(3,4)5)44-33-27-23-17-19-25-31-39(42)46-35-29-22-15-13-11-9-7-2/h37H,6-36H2,1-5H3. The van der Waals surface area contributed by atoms with E-state index in [1.807, 2.05) is 0 Å². The summed E-state index contributed by atoms with van der Waals surface area (Å²) in [5, 5.41) is 0. The molecule has 6 heteroatoms. The van der Waals surface area contributed by atoms with E-state index in [2.05, 4.69) is 34.6 Å². The zero-order chi connectivity index (χ0) is 34.0. The van der Waals surface area contributed by atoms with Crippen molar-refractivity contribution >= 4 is 11.9 Å². The zero-order valence-electron chi connectivity index (χ0n) is 31.4. The second-order valence-electron chi connectivity index (χ2n) is 14.5. The van der Waals surface area contributed by atoms with Gasteiger partial charge in [-0.15, -0.1) is 0 Å². The predicted molar refractivity (Wildman–Crippen MR) is 193 cm³/mol. The van der Waals surface area contributed by atoms with Gasteiger partial charge in [0.2, 0.25) is 0 Å². The molecular weight excluding hydrogens is 576 g/mol. The Morgan fingerprint density at radius 2 is 0.804 bits per heavy atom. The van der Waals surface area contributed by atoms with Crippen LogP contribution in [-0.2, 0) is 28.5 Å². The minimum absolute atomic E-state index is 0.0336. The van der Waals surface area contributed by atoms with Gasteiger partial charge in [0.1, 0.15) is 0 Å². The highest BCUT2D eigenvalue weighted by atomic mass is 16.5. The first-order valence-electron chi connectivity index (χ1n) is 19.8. The Bertz CT molecular complexity index is 659. The van der Waals surface area contributed by atoms with Crippen molar-refractivity contribution in [1.29, 1.82) is 0 Å². The first-order chi connectivity index (χ1) is 22.3. The summed E-state index contributed by atoms with van der Waals surface area (Å²) < 4.78 is 23.0. The maximum Gasteiger partial charge on any atom is 0.305 e. The smallest absolute Gasteiger partial charge is 0.305 e. The van der Waals surface area contributed by atoms with Gasteiger partial charge >= 0.3 is 11.9 Å². The molecule has 0 amide bonds. The fourth-order valence-electron chi connectivity index (χ4n) is 5.50. The van der Waals surface area contributed by atoms with E-state index in [-0.39, 0.29) is 23.5 Å². The minimum atomic E-state index is -0.0338. The van der Waals surface area contributed by atoms with E-state index in [1.54, 1.807) is 0 Å². The lowest BCUT2D eigenvalue weighted by atomic mass is 9.89. The fraction of sp³-hybridized carbons (Fsp3) is 0.950. The van der Waals surface area contributed by atoms with E-state index in [0.717, 1.165) is 90.3 Å². The molecule has 0 aromatic rings. The SMILES string of the molecule is CCCCCCCCCOC(=O)CCCCCCCOCC(OCCCCCCCC(=O)OCCCCCCCCC)C(C)(C)C. The molecule has 0 aliphatic carbocycles. The lowest BCUT2D eigenvalue weighted by Crippen LogP contribution is -2.34. The van der Waals surface area contributed by atoms with Crippen molar-refractivity contribution in [1.82, 2.24) is 0 Å². The maximum atomic E-state index is 11.9. The number of rotatable bonds is 35. The van der Waals surface area contributed by atoms with Crippen LogP contribution in [0.5, 0.6) is 0 Å². The number of esters is 2. The molecule has 0 saturated carbocycles. The molecule has 1 unspecified atom stereocenters. The average Bonchev–Trinajstić information content (AvgIpc) is 3.02. The molecule has 0 aliphatic rings. The number of hydrogen-bond donors (Lipinski definition) is 0. The van der Waals surface area contributed by atoms with Crippen LogP contribution in [0.3, 0.4) is 0 Å². The zero-order valence-corrected chi connectivity index (χ0v) is 31.4. The van der Waals surface area contributed by atoms with Gasteiger partial charge in [0, 0.05) is 26.1 Å². The highest BCUT2D eigenvalue weighted by Crippen LogP contribution is 2.23. The Hall–Kier alpha value is -1.14. The third-order valence-electron chi connectivity index (χ3n) is 8.77. The predicted octanol–water partition coefficient (Wildman–Crippen LogP) is 11.7. The molecule has 0 heterocycles. The molecule has 46 heavy (non-hydrogen) atoms. The summed E-state index contributed by atoms with van der Waals surface area (Å²) >= 11 is 0. The summed E-state index contributed by atoms with van der Waals surface area (Å²) in [5.74, 6) is -0.0674. The number of ether oxygens (including phenoxy) is 4. The highest BCUT2D eigenvalue weighted by Gasteiger charge is 2.25. The van der Waals surface area contributed by atoms with Crippen molar-refractivity contribution in [2.75, 3.05) is 33.0 Å². The Morgan fingerprint density at radius 1 is 0.457 bits per heavy atom. The van der Waals surface area contributed by atoms with Gasteiger partial charge in [-0.3, -0.25) is 9.59 Å². The quantitative estimate of drug-likeness (QED) is 0.0500. The van der Waals surface area contributed by atoms with Crippen LogP contribution in [-0.4, -0.2) is 51.1 Å². The van der Waals surface area contributed by atoms with E-state index >= 15 is 0 Å². The lowest BCUT2D eigenvalue weighted by molar-refractivity contribution is -0.144. The van der Waals surface area contributed by atoms with Crippen LogP contribution in [0.25, 0.3) is 0 Å². The Labute approximate surface area is 286 Å². The Kier molecular flexibility index (Phi) is 32.9. The van der Waals surface area contributed by atoms with Crippen molar-refractivity contribution < 1.29 is 28.5 Å². The van der Waals surface area contributed by atoms with Crippen LogP contribution >= 0.6 is 0 Å². The van der Waals surface area contributed by atoms with E-state index in [9.17, 15) is 9.59 Å². The highest BCUT2D eigenvalue weighted by molar-refractivity contribution is 5.69. The number of unbranched alkanes of at least 4 members (excludes halogenated alkanes) is 20. The molecular formula is C40H78O6. The minimum Gasteiger partial charge on any atom is -0.466 e. The van der Waals surface area contributed by atoms with Crippen LogP contribution in [0.4, 0.5) is 0 Å². The molecule has 0 radical (unpaired) electrons. The molecule has 0 bridgehead atoms. The molecule has 0 rings (SSSR count). The summed E-state index contributed by atoms with van der Waals surface area (Å²) in [5.41, 5.74) is 0.0403. The normalized spacial score (nSPS) is 12.4. The molecule has 1 atom stereocenters. The molecule has 274 valence electrons. The molecule has 0 saturated heterocycles. The van der Waals surface area contributed by atoms with Crippen molar-refractivity contribution in [3.63, 3.8) is 0 Å². The molecule has 0 fully saturated rings. The van der Waals surface area contributed by atoms with Crippen LogP contribution in [0.15, 0.2) is 0 Å². The second kappa shape index (κ2) is 33.7. The van der Waals surface area contributed by atoms with Crippen LogP contribution < -0.4 is 0 Å². The summed E-state index contributed by atoms with van der Waals surface area (Å²) in [6.45, 7) is 14.4. The summed E-state index contributed by atoms with van der Waals surface area (Å²) in [4.78, 5) is 23.8. The van der Waals surface area contributed by atoms with Crippen LogP contribution in [0, 0.1) is 5.41 Å². The number of carbonyl (C=O) groups is 2. The summed E-state index contributed by atoms with van der Waals surface area (Å²) in [6, 6.07) is 0. The summed E-state index contributed by atoms with van der Waals surface area (Å²) in [6.07, 6.45) is 29.1. The van der Waals surface area contributed by atoms with Crippen molar-refractivity contribution in [2.45, 2.75) is 208 Å². The number of hydrogen-bond acceptors (Lipinski definition) is 6. The third-order valence-corrected chi connectivity index (χ3v) is 8.77. The maximum absolute atomic E-state index is 11.9. The topological polar surface area (TPSA) is 71.1 Å². The number of carbonyl (C=O) groups excluding carboxylic acids is 2. The molecule has 0 N–H and O–H groups in total. The Balaban J connectivity index is 3.63. The van der Waals surface area contributed by atoms with E-state index in [1.165, 1.54) is 77.0 Å². The van der Waals surface area contributed by atoms with E-state index in [4.69, 9.17) is 18.9 Å². The van der Waals surface area contributed by atoms with Gasteiger partial charge in [-0.25, -0.2) is 0 Å².